The lowest BCUT2D eigenvalue weighted by molar-refractivity contribution is -0.129. The molecule has 0 aliphatic carbocycles. The van der Waals surface area contributed by atoms with E-state index in [1.807, 2.05) is 0 Å². The van der Waals surface area contributed by atoms with Crippen LogP contribution in [0.3, 0.4) is 0 Å². The van der Waals surface area contributed by atoms with Crippen LogP contribution in [0.2, 0.25) is 0 Å². The monoisotopic (exact) mass is 279 g/mol. The summed E-state index contributed by atoms with van der Waals surface area (Å²) in [6, 6.07) is -0.947. The minimum atomic E-state index is -0.500. The van der Waals surface area contributed by atoms with Gasteiger partial charge >= 0.3 is 0 Å². The number of carbonyl (C=O) groups is 2. The molecule has 1 aromatic heterocycles. The van der Waals surface area contributed by atoms with Gasteiger partial charge < -0.3 is 16.0 Å². The Bertz CT molecular complexity index is 485. The van der Waals surface area contributed by atoms with Gasteiger partial charge in [-0.3, -0.25) is 14.3 Å². The van der Waals surface area contributed by atoms with Gasteiger partial charge in [-0.15, -0.1) is 0 Å². The standard InChI is InChI=1S/C13H21N5O2/c1-14-11(9-7-16-18(2)8-9)13(20)17-10-5-3-4-6-15-12(10)19/h7-8,10-11,14H,3-6H2,1-2H3,(H,15,19)(H,17,20). The van der Waals surface area contributed by atoms with Gasteiger partial charge in [0.1, 0.15) is 12.1 Å². The van der Waals surface area contributed by atoms with E-state index in [0.29, 0.717) is 13.0 Å². The molecule has 1 aliphatic heterocycles. The molecule has 0 radical (unpaired) electrons. The molecule has 1 aliphatic rings. The first-order valence-corrected chi connectivity index (χ1v) is 6.85. The Morgan fingerprint density at radius 2 is 2.35 bits per heavy atom. The number of likely N-dealkylation sites (N-methyl/N-ethyl adjacent to an activating group) is 1. The van der Waals surface area contributed by atoms with Crippen molar-refractivity contribution in [2.75, 3.05) is 13.6 Å². The number of nitrogens with one attached hydrogen (secondary N) is 3. The van der Waals surface area contributed by atoms with Gasteiger partial charge in [-0.05, 0) is 26.3 Å². The number of hydrogen-bond acceptors (Lipinski definition) is 4. The predicted octanol–water partition coefficient (Wildman–Crippen LogP) is -0.534. The van der Waals surface area contributed by atoms with E-state index in [0.717, 1.165) is 18.4 Å². The molecule has 7 heteroatoms. The maximum atomic E-state index is 12.3. The fourth-order valence-electron chi connectivity index (χ4n) is 2.37. The van der Waals surface area contributed by atoms with E-state index in [-0.39, 0.29) is 11.8 Å². The van der Waals surface area contributed by atoms with E-state index in [1.165, 1.54) is 0 Å². The largest absolute Gasteiger partial charge is 0.354 e. The molecular formula is C13H21N5O2. The Labute approximate surface area is 118 Å². The molecule has 0 bridgehead atoms. The summed E-state index contributed by atoms with van der Waals surface area (Å²) in [5, 5.41) is 12.6. The molecule has 110 valence electrons. The number of carbonyl (C=O) groups excluding carboxylic acids is 2. The summed E-state index contributed by atoms with van der Waals surface area (Å²) in [5.74, 6) is -0.306. The Morgan fingerprint density at radius 3 is 3.00 bits per heavy atom. The van der Waals surface area contributed by atoms with Crippen LogP contribution in [0.25, 0.3) is 0 Å². The van der Waals surface area contributed by atoms with Gasteiger partial charge in [0.2, 0.25) is 11.8 Å². The number of hydrogen-bond donors (Lipinski definition) is 3. The van der Waals surface area contributed by atoms with Crippen molar-refractivity contribution < 1.29 is 9.59 Å². The molecule has 3 N–H and O–H groups in total. The highest BCUT2D eigenvalue weighted by Gasteiger charge is 2.27. The van der Waals surface area contributed by atoms with Crippen molar-refractivity contribution in [3.8, 4) is 0 Å². The highest BCUT2D eigenvalue weighted by atomic mass is 16.2. The average Bonchev–Trinajstić information content (AvgIpc) is 2.73. The summed E-state index contributed by atoms with van der Waals surface area (Å²) in [6.45, 7) is 0.684. The molecule has 2 amide bonds. The molecule has 0 spiro atoms. The first kappa shape index (κ1) is 14.5. The van der Waals surface area contributed by atoms with Crippen LogP contribution in [0.15, 0.2) is 12.4 Å². The third-order valence-electron chi connectivity index (χ3n) is 3.46. The number of amides is 2. The molecule has 0 aromatic carbocycles. The van der Waals surface area contributed by atoms with E-state index >= 15 is 0 Å². The topological polar surface area (TPSA) is 88.1 Å². The smallest absolute Gasteiger partial charge is 0.242 e. The number of aryl methyl sites for hydroxylation is 1. The summed E-state index contributed by atoms with van der Waals surface area (Å²) in [7, 11) is 3.51. The van der Waals surface area contributed by atoms with Crippen molar-refractivity contribution >= 4 is 11.8 Å². The SMILES string of the molecule is CNC(C(=O)NC1CCCCNC1=O)c1cnn(C)c1. The molecule has 20 heavy (non-hydrogen) atoms. The highest BCUT2D eigenvalue weighted by Crippen LogP contribution is 2.13. The molecular weight excluding hydrogens is 258 g/mol. The quantitative estimate of drug-likeness (QED) is 0.691. The third kappa shape index (κ3) is 3.36. The van der Waals surface area contributed by atoms with E-state index in [4.69, 9.17) is 0 Å². The molecule has 0 saturated carbocycles. The van der Waals surface area contributed by atoms with Crippen LogP contribution in [0, 0.1) is 0 Å². The molecule has 2 heterocycles. The number of aromatic nitrogens is 2. The Hall–Kier alpha value is -1.89. The fraction of sp³-hybridized carbons (Fsp3) is 0.615. The average molecular weight is 279 g/mol. The Kier molecular flexibility index (Phi) is 4.73. The second-order valence-corrected chi connectivity index (χ2v) is 5.02. The molecule has 1 saturated heterocycles. The van der Waals surface area contributed by atoms with Gasteiger partial charge in [-0.2, -0.15) is 5.10 Å². The van der Waals surface area contributed by atoms with Crippen LogP contribution in [0.4, 0.5) is 0 Å². The molecule has 1 fully saturated rings. The second-order valence-electron chi connectivity index (χ2n) is 5.02. The summed E-state index contributed by atoms with van der Waals surface area (Å²) < 4.78 is 1.64. The third-order valence-corrected chi connectivity index (χ3v) is 3.46. The minimum Gasteiger partial charge on any atom is -0.354 e. The molecule has 2 rings (SSSR count). The van der Waals surface area contributed by atoms with Gasteiger partial charge in [-0.1, -0.05) is 0 Å². The fourth-order valence-corrected chi connectivity index (χ4v) is 2.37. The van der Waals surface area contributed by atoms with Crippen molar-refractivity contribution in [2.45, 2.75) is 31.3 Å². The van der Waals surface area contributed by atoms with Gasteiger partial charge in [0.15, 0.2) is 0 Å². The normalized spacial score (nSPS) is 20.9. The van der Waals surface area contributed by atoms with Crippen LogP contribution in [0.5, 0.6) is 0 Å². The van der Waals surface area contributed by atoms with E-state index < -0.39 is 12.1 Å². The predicted molar refractivity (Wildman–Crippen MR) is 73.8 cm³/mol. The first-order chi connectivity index (χ1) is 9.61. The second kappa shape index (κ2) is 6.51. The van der Waals surface area contributed by atoms with E-state index in [2.05, 4.69) is 21.0 Å². The lowest BCUT2D eigenvalue weighted by Gasteiger charge is -2.19. The zero-order valence-corrected chi connectivity index (χ0v) is 11.8. The maximum absolute atomic E-state index is 12.3. The number of nitrogens with zero attached hydrogens (tertiary/aromatic N) is 2. The number of rotatable bonds is 4. The van der Waals surface area contributed by atoms with Gasteiger partial charge in [0.25, 0.3) is 0 Å². The van der Waals surface area contributed by atoms with Crippen molar-refractivity contribution in [1.82, 2.24) is 25.7 Å². The minimum absolute atomic E-state index is 0.100. The van der Waals surface area contributed by atoms with Crippen molar-refractivity contribution in [2.24, 2.45) is 7.05 Å². The lowest BCUT2D eigenvalue weighted by atomic mass is 10.1. The zero-order valence-electron chi connectivity index (χ0n) is 11.8. The van der Waals surface area contributed by atoms with Gasteiger partial charge in [0.05, 0.1) is 6.20 Å². The van der Waals surface area contributed by atoms with Crippen LogP contribution >= 0.6 is 0 Å². The summed E-state index contributed by atoms with van der Waals surface area (Å²) in [4.78, 5) is 24.2. The summed E-state index contributed by atoms with van der Waals surface area (Å²) in [6.07, 6.45) is 6.00. The Balaban J connectivity index is 2.03. The highest BCUT2D eigenvalue weighted by molar-refractivity contribution is 5.90. The van der Waals surface area contributed by atoms with E-state index in [9.17, 15) is 9.59 Å². The first-order valence-electron chi connectivity index (χ1n) is 6.85. The molecule has 1 aromatic rings. The van der Waals surface area contributed by atoms with E-state index in [1.54, 1.807) is 31.2 Å². The zero-order chi connectivity index (χ0) is 14.5. The molecule has 2 unspecified atom stereocenters. The van der Waals surface area contributed by atoms with Crippen molar-refractivity contribution in [3.63, 3.8) is 0 Å². The van der Waals surface area contributed by atoms with Crippen LogP contribution < -0.4 is 16.0 Å². The lowest BCUT2D eigenvalue weighted by Crippen LogP contribution is -2.48. The Morgan fingerprint density at radius 1 is 1.55 bits per heavy atom. The van der Waals surface area contributed by atoms with Crippen LogP contribution in [-0.2, 0) is 16.6 Å². The summed E-state index contributed by atoms with van der Waals surface area (Å²) in [5.41, 5.74) is 0.779. The van der Waals surface area contributed by atoms with Crippen molar-refractivity contribution in [3.05, 3.63) is 18.0 Å². The van der Waals surface area contributed by atoms with Gasteiger partial charge in [-0.25, -0.2) is 0 Å². The maximum Gasteiger partial charge on any atom is 0.242 e. The van der Waals surface area contributed by atoms with Gasteiger partial charge in [0, 0.05) is 25.4 Å². The van der Waals surface area contributed by atoms with Crippen LogP contribution in [0.1, 0.15) is 30.9 Å². The van der Waals surface area contributed by atoms with Crippen molar-refractivity contribution in [1.29, 1.82) is 0 Å². The summed E-state index contributed by atoms with van der Waals surface area (Å²) >= 11 is 0. The molecule has 7 nitrogen and oxygen atoms in total. The van der Waals surface area contributed by atoms with Crippen LogP contribution in [-0.4, -0.2) is 41.2 Å². The molecule has 2 atom stereocenters.